The lowest BCUT2D eigenvalue weighted by molar-refractivity contribution is -0.118. The predicted octanol–water partition coefficient (Wildman–Crippen LogP) is 7.14. The molecular weight excluding hydrogens is 383 g/mol. The number of rotatable bonds is 8. The van der Waals surface area contributed by atoms with Crippen LogP contribution in [0.4, 0.5) is 0 Å². The number of fused-ring (bicyclic) bond motifs is 1. The van der Waals surface area contributed by atoms with Gasteiger partial charge in [-0.3, -0.25) is 4.79 Å². The molecule has 26 heavy (non-hydrogen) atoms. The van der Waals surface area contributed by atoms with E-state index >= 15 is 0 Å². The number of carbonyl (C=O) groups excluding carboxylic acids is 1. The zero-order chi connectivity index (χ0) is 19.8. The Morgan fingerprint density at radius 2 is 1.88 bits per heavy atom. The van der Waals surface area contributed by atoms with Crippen LogP contribution in [0.5, 0.6) is 0 Å². The van der Waals surface area contributed by atoms with Gasteiger partial charge in [-0.15, -0.1) is 0 Å². The molecular formula is C21H38Cl2O2Si. The lowest BCUT2D eigenvalue weighted by Gasteiger charge is -2.39. The maximum Gasteiger partial charge on any atom is 0.192 e. The summed E-state index contributed by atoms with van der Waals surface area (Å²) in [5.41, 5.74) is 0. The molecule has 2 aliphatic carbocycles. The Morgan fingerprint density at radius 1 is 1.23 bits per heavy atom. The molecule has 0 amide bonds. The molecule has 4 unspecified atom stereocenters. The van der Waals surface area contributed by atoms with Crippen LogP contribution in [0.3, 0.4) is 0 Å². The number of hydrogen-bond donors (Lipinski definition) is 0. The van der Waals surface area contributed by atoms with Crippen molar-refractivity contribution >= 4 is 37.3 Å². The van der Waals surface area contributed by atoms with Gasteiger partial charge in [0.25, 0.3) is 0 Å². The van der Waals surface area contributed by atoms with E-state index in [9.17, 15) is 4.79 Å². The van der Waals surface area contributed by atoms with Crippen molar-refractivity contribution in [3.05, 3.63) is 0 Å². The van der Waals surface area contributed by atoms with E-state index in [-0.39, 0.29) is 16.7 Å². The molecule has 0 aromatic heterocycles. The Hall–Kier alpha value is 0.427. The van der Waals surface area contributed by atoms with Gasteiger partial charge < -0.3 is 4.43 Å². The summed E-state index contributed by atoms with van der Waals surface area (Å²) < 4.78 is 5.47. The van der Waals surface area contributed by atoms with Crippen molar-refractivity contribution in [3.63, 3.8) is 0 Å². The molecule has 2 nitrogen and oxygen atoms in total. The summed E-state index contributed by atoms with van der Waals surface area (Å²) in [5, 5.41) is 0.262. The zero-order valence-corrected chi connectivity index (χ0v) is 20.1. The molecule has 0 aliphatic heterocycles. The summed E-state index contributed by atoms with van der Waals surface area (Å²) in [6.07, 6.45) is 9.00. The number of halogens is 2. The summed E-state index contributed by atoms with van der Waals surface area (Å²) in [6.45, 7) is 13.8. The Bertz CT molecular complexity index is 499. The SMILES string of the molecule is CCC(CCCCC1CCC2CC(=O)C(Cl)(Cl)C12)O[Si](C)(C)C(C)(C)C. The highest BCUT2D eigenvalue weighted by Crippen LogP contribution is 2.57. The number of Topliss-reactive ketones (excluding diaryl/α,β-unsaturated/α-hetero) is 1. The minimum Gasteiger partial charge on any atom is -0.414 e. The van der Waals surface area contributed by atoms with Gasteiger partial charge in [0.2, 0.25) is 0 Å². The molecule has 0 N–H and O–H groups in total. The largest absolute Gasteiger partial charge is 0.414 e. The fourth-order valence-corrected chi connectivity index (χ4v) is 6.93. The van der Waals surface area contributed by atoms with Crippen LogP contribution in [-0.2, 0) is 9.22 Å². The summed E-state index contributed by atoms with van der Waals surface area (Å²) in [7, 11) is -1.69. The second-order valence-corrected chi connectivity index (χ2v) is 16.2. The van der Waals surface area contributed by atoms with Crippen molar-refractivity contribution in [2.24, 2.45) is 17.8 Å². The van der Waals surface area contributed by atoms with E-state index in [1.54, 1.807) is 0 Å². The highest BCUT2D eigenvalue weighted by molar-refractivity contribution is 6.74. The van der Waals surface area contributed by atoms with E-state index in [0.29, 0.717) is 24.4 Å². The Labute approximate surface area is 171 Å². The van der Waals surface area contributed by atoms with Gasteiger partial charge in [-0.1, -0.05) is 70.2 Å². The van der Waals surface area contributed by atoms with E-state index in [4.69, 9.17) is 27.6 Å². The molecule has 4 atom stereocenters. The molecule has 2 fully saturated rings. The highest BCUT2D eigenvalue weighted by atomic mass is 35.5. The predicted molar refractivity (Wildman–Crippen MR) is 115 cm³/mol. The third-order valence-corrected chi connectivity index (χ3v) is 12.7. The van der Waals surface area contributed by atoms with Crippen LogP contribution >= 0.6 is 23.2 Å². The summed E-state index contributed by atoms with van der Waals surface area (Å²) in [5.74, 6) is 1.17. The lowest BCUT2D eigenvalue weighted by Crippen LogP contribution is -2.43. The first-order valence-electron chi connectivity index (χ1n) is 10.5. The number of alkyl halides is 2. The van der Waals surface area contributed by atoms with Gasteiger partial charge in [0.05, 0.1) is 0 Å². The van der Waals surface area contributed by atoms with Gasteiger partial charge in [0, 0.05) is 18.4 Å². The fraction of sp³-hybridized carbons (Fsp3) is 0.952. The van der Waals surface area contributed by atoms with Gasteiger partial charge in [0.1, 0.15) is 0 Å². The summed E-state index contributed by atoms with van der Waals surface area (Å²) in [6, 6.07) is 0. The molecule has 2 saturated carbocycles. The standard InChI is InChI=1S/C21H38Cl2O2Si/c1-7-17(25-26(5,6)20(2,3)4)11-9-8-10-15-12-13-16-14-18(24)21(22,23)19(15)16/h15-17,19H,7-14H2,1-6H3. The molecule has 0 aromatic rings. The molecule has 5 heteroatoms. The minimum atomic E-state index is -1.69. The number of hydrogen-bond acceptors (Lipinski definition) is 2. The summed E-state index contributed by atoms with van der Waals surface area (Å²) >= 11 is 12.8. The van der Waals surface area contributed by atoms with Crippen molar-refractivity contribution in [3.8, 4) is 0 Å². The van der Waals surface area contributed by atoms with Crippen LogP contribution in [0, 0.1) is 17.8 Å². The molecule has 0 aromatic carbocycles. The van der Waals surface area contributed by atoms with Crippen LogP contribution in [0.1, 0.15) is 79.1 Å². The first-order valence-corrected chi connectivity index (χ1v) is 14.2. The Balaban J connectivity index is 1.78. The second-order valence-electron chi connectivity index (χ2n) is 10.1. The third-order valence-electron chi connectivity index (χ3n) is 7.24. The normalized spacial score (nSPS) is 29.8. The van der Waals surface area contributed by atoms with Crippen molar-refractivity contribution in [1.29, 1.82) is 0 Å². The molecule has 0 saturated heterocycles. The molecule has 0 bridgehead atoms. The highest BCUT2D eigenvalue weighted by Gasteiger charge is 2.57. The van der Waals surface area contributed by atoms with E-state index in [1.807, 2.05) is 0 Å². The Morgan fingerprint density at radius 3 is 2.46 bits per heavy atom. The molecule has 0 heterocycles. The molecule has 0 radical (unpaired) electrons. The van der Waals surface area contributed by atoms with E-state index < -0.39 is 12.7 Å². The van der Waals surface area contributed by atoms with Crippen LogP contribution in [-0.4, -0.2) is 24.5 Å². The number of carbonyl (C=O) groups is 1. The van der Waals surface area contributed by atoms with E-state index in [2.05, 4.69) is 40.8 Å². The monoisotopic (exact) mass is 420 g/mol. The average molecular weight is 422 g/mol. The van der Waals surface area contributed by atoms with Gasteiger partial charge >= 0.3 is 0 Å². The van der Waals surface area contributed by atoms with E-state index in [0.717, 1.165) is 25.7 Å². The van der Waals surface area contributed by atoms with Gasteiger partial charge in [0.15, 0.2) is 18.4 Å². The van der Waals surface area contributed by atoms with E-state index in [1.165, 1.54) is 19.3 Å². The minimum absolute atomic E-state index is 0.0503. The molecule has 0 spiro atoms. The maximum atomic E-state index is 12.1. The van der Waals surface area contributed by atoms with Crippen LogP contribution in [0.25, 0.3) is 0 Å². The number of unbranched alkanes of at least 4 members (excludes halogenated alkanes) is 1. The molecule has 152 valence electrons. The van der Waals surface area contributed by atoms with Crippen molar-refractivity contribution in [1.82, 2.24) is 0 Å². The van der Waals surface area contributed by atoms with Crippen LogP contribution < -0.4 is 0 Å². The zero-order valence-electron chi connectivity index (χ0n) is 17.5. The molecule has 2 aliphatic rings. The van der Waals surface area contributed by atoms with Gasteiger partial charge in [-0.25, -0.2) is 0 Å². The fourth-order valence-electron chi connectivity index (χ4n) is 4.60. The van der Waals surface area contributed by atoms with Crippen molar-refractivity contribution < 1.29 is 9.22 Å². The second kappa shape index (κ2) is 8.43. The molecule has 2 rings (SSSR count). The van der Waals surface area contributed by atoms with Gasteiger partial charge in [-0.2, -0.15) is 0 Å². The summed E-state index contributed by atoms with van der Waals surface area (Å²) in [4.78, 5) is 12.1. The smallest absolute Gasteiger partial charge is 0.192 e. The topological polar surface area (TPSA) is 26.3 Å². The first-order chi connectivity index (χ1) is 11.9. The number of ketones is 1. The Kier molecular flexibility index (Phi) is 7.36. The first kappa shape index (κ1) is 22.7. The third kappa shape index (κ3) is 4.88. The lowest BCUT2D eigenvalue weighted by atomic mass is 9.87. The maximum absolute atomic E-state index is 12.1. The van der Waals surface area contributed by atoms with Gasteiger partial charge in [-0.05, 0) is 55.7 Å². The quantitative estimate of drug-likeness (QED) is 0.237. The van der Waals surface area contributed by atoms with Crippen molar-refractivity contribution in [2.75, 3.05) is 0 Å². The van der Waals surface area contributed by atoms with Crippen LogP contribution in [0.2, 0.25) is 18.1 Å². The average Bonchev–Trinajstić information content (AvgIpc) is 3.01. The van der Waals surface area contributed by atoms with Crippen molar-refractivity contribution in [2.45, 2.75) is 108 Å². The van der Waals surface area contributed by atoms with Crippen LogP contribution in [0.15, 0.2) is 0 Å².